The van der Waals surface area contributed by atoms with E-state index in [0.717, 1.165) is 17.1 Å². The minimum absolute atomic E-state index is 0.484. The van der Waals surface area contributed by atoms with Gasteiger partial charge >= 0.3 is 0 Å². The Morgan fingerprint density at radius 2 is 2.17 bits per heavy atom. The molecule has 0 aliphatic rings. The van der Waals surface area contributed by atoms with Crippen LogP contribution in [0, 0.1) is 18.3 Å². The van der Waals surface area contributed by atoms with Crippen LogP contribution in [-0.4, -0.2) is 4.98 Å². The summed E-state index contributed by atoms with van der Waals surface area (Å²) in [6, 6.07) is 13.3. The summed E-state index contributed by atoms with van der Waals surface area (Å²) in [5, 5.41) is 12.1. The van der Waals surface area contributed by atoms with Crippen molar-refractivity contribution in [2.75, 3.05) is 11.1 Å². The van der Waals surface area contributed by atoms with E-state index in [2.05, 4.69) is 16.4 Å². The lowest BCUT2D eigenvalue weighted by atomic mass is 10.2. The molecule has 3 N–H and O–H groups in total. The maximum absolute atomic E-state index is 8.89. The topological polar surface area (TPSA) is 74.7 Å². The van der Waals surface area contributed by atoms with E-state index in [9.17, 15) is 0 Å². The van der Waals surface area contributed by atoms with Gasteiger partial charge in [-0.05, 0) is 37.3 Å². The van der Waals surface area contributed by atoms with Gasteiger partial charge in [0.2, 0.25) is 0 Å². The lowest BCUT2D eigenvalue weighted by Gasteiger charge is -2.07. The number of benzene rings is 1. The first kappa shape index (κ1) is 11.9. The van der Waals surface area contributed by atoms with Gasteiger partial charge in [0.25, 0.3) is 0 Å². The van der Waals surface area contributed by atoms with Crippen LogP contribution < -0.4 is 11.1 Å². The van der Waals surface area contributed by atoms with Crippen LogP contribution >= 0.6 is 0 Å². The Morgan fingerprint density at radius 3 is 2.89 bits per heavy atom. The van der Waals surface area contributed by atoms with Crippen molar-refractivity contribution in [3.8, 4) is 6.07 Å². The van der Waals surface area contributed by atoms with Crippen LogP contribution in [0.15, 0.2) is 36.4 Å². The van der Waals surface area contributed by atoms with Crippen LogP contribution in [0.3, 0.4) is 0 Å². The molecule has 2 rings (SSSR count). The third kappa shape index (κ3) is 2.77. The van der Waals surface area contributed by atoms with E-state index in [-0.39, 0.29) is 0 Å². The van der Waals surface area contributed by atoms with Gasteiger partial charge in [-0.25, -0.2) is 0 Å². The molecule has 4 nitrogen and oxygen atoms in total. The number of rotatable bonds is 3. The number of nitrogen functional groups attached to an aromatic ring is 1. The van der Waals surface area contributed by atoms with Crippen LogP contribution in [0.2, 0.25) is 0 Å². The van der Waals surface area contributed by atoms with E-state index in [4.69, 9.17) is 11.0 Å². The van der Waals surface area contributed by atoms with Crippen molar-refractivity contribution in [2.24, 2.45) is 0 Å². The molecule has 0 saturated carbocycles. The molecule has 0 aliphatic carbocycles. The highest BCUT2D eigenvalue weighted by atomic mass is 14.9. The lowest BCUT2D eigenvalue weighted by Crippen LogP contribution is -2.03. The molecule has 0 amide bonds. The Bertz CT molecular complexity index is 599. The molecular weight excluding hydrogens is 224 g/mol. The van der Waals surface area contributed by atoms with Gasteiger partial charge in [0.1, 0.15) is 6.07 Å². The zero-order valence-corrected chi connectivity index (χ0v) is 10.1. The molecule has 0 aliphatic heterocycles. The van der Waals surface area contributed by atoms with Gasteiger partial charge in [-0.1, -0.05) is 6.07 Å². The quantitative estimate of drug-likeness (QED) is 0.805. The fourth-order valence-electron chi connectivity index (χ4n) is 1.65. The van der Waals surface area contributed by atoms with Gasteiger partial charge in [0.15, 0.2) is 0 Å². The highest BCUT2D eigenvalue weighted by Crippen LogP contribution is 2.17. The minimum atomic E-state index is 0.484. The predicted octanol–water partition coefficient (Wildman–Crippen LogP) is 2.46. The summed E-state index contributed by atoms with van der Waals surface area (Å²) in [6.45, 7) is 2.58. The second kappa shape index (κ2) is 5.19. The fourth-order valence-corrected chi connectivity index (χ4v) is 1.65. The Labute approximate surface area is 106 Å². The van der Waals surface area contributed by atoms with E-state index >= 15 is 0 Å². The molecule has 18 heavy (non-hydrogen) atoms. The van der Waals surface area contributed by atoms with Crippen molar-refractivity contribution >= 4 is 11.4 Å². The summed E-state index contributed by atoms with van der Waals surface area (Å²) >= 11 is 0. The van der Waals surface area contributed by atoms with Gasteiger partial charge in [0.05, 0.1) is 17.8 Å². The van der Waals surface area contributed by atoms with Crippen LogP contribution in [-0.2, 0) is 6.54 Å². The molecule has 2 aromatic rings. The van der Waals surface area contributed by atoms with Crippen molar-refractivity contribution in [1.29, 1.82) is 5.26 Å². The smallest absolute Gasteiger partial charge is 0.101 e. The molecule has 0 spiro atoms. The number of nitrogens with one attached hydrogen (secondary N) is 1. The molecule has 90 valence electrons. The summed E-state index contributed by atoms with van der Waals surface area (Å²) in [5.41, 5.74) is 9.46. The summed E-state index contributed by atoms with van der Waals surface area (Å²) in [7, 11) is 0. The Morgan fingerprint density at radius 1 is 1.33 bits per heavy atom. The number of hydrogen-bond acceptors (Lipinski definition) is 4. The molecule has 0 bridgehead atoms. The van der Waals surface area contributed by atoms with Crippen molar-refractivity contribution in [2.45, 2.75) is 13.5 Å². The Balaban J connectivity index is 2.09. The molecule has 0 unspecified atom stereocenters. The summed E-state index contributed by atoms with van der Waals surface area (Å²) < 4.78 is 0. The zero-order chi connectivity index (χ0) is 13.0. The average Bonchev–Trinajstić information content (AvgIpc) is 2.38. The second-order valence-electron chi connectivity index (χ2n) is 4.04. The minimum Gasteiger partial charge on any atom is -0.398 e. The van der Waals surface area contributed by atoms with Gasteiger partial charge in [-0.3, -0.25) is 4.98 Å². The third-order valence-corrected chi connectivity index (χ3v) is 2.59. The number of hydrogen-bond donors (Lipinski definition) is 2. The van der Waals surface area contributed by atoms with E-state index in [0.29, 0.717) is 17.8 Å². The molecule has 1 aromatic heterocycles. The fraction of sp³-hybridized carbons (Fsp3) is 0.143. The van der Waals surface area contributed by atoms with Crippen LogP contribution in [0.1, 0.15) is 17.0 Å². The molecule has 0 radical (unpaired) electrons. The average molecular weight is 238 g/mol. The largest absolute Gasteiger partial charge is 0.398 e. The molecular formula is C14H14N4. The standard InChI is InChI=1S/C14H14N4/c1-10-3-2-4-13(18-10)9-17-12-5-6-14(16)11(7-12)8-15/h2-7,17H,9,16H2,1H3. The first-order chi connectivity index (χ1) is 8.69. The predicted molar refractivity (Wildman–Crippen MR) is 71.9 cm³/mol. The number of nitrogens with zero attached hydrogens (tertiary/aromatic N) is 2. The van der Waals surface area contributed by atoms with Crippen LogP contribution in [0.25, 0.3) is 0 Å². The first-order valence-electron chi connectivity index (χ1n) is 5.65. The van der Waals surface area contributed by atoms with Gasteiger partial charge in [0, 0.05) is 17.1 Å². The normalized spacial score (nSPS) is 9.78. The molecule has 4 heteroatoms. The van der Waals surface area contributed by atoms with Crippen molar-refractivity contribution in [3.05, 3.63) is 53.3 Å². The molecule has 1 aromatic carbocycles. The van der Waals surface area contributed by atoms with E-state index in [1.807, 2.05) is 31.2 Å². The van der Waals surface area contributed by atoms with E-state index in [1.165, 1.54) is 0 Å². The van der Waals surface area contributed by atoms with Crippen molar-refractivity contribution in [1.82, 2.24) is 4.98 Å². The van der Waals surface area contributed by atoms with E-state index in [1.54, 1.807) is 12.1 Å². The monoisotopic (exact) mass is 238 g/mol. The van der Waals surface area contributed by atoms with Gasteiger partial charge in [-0.2, -0.15) is 5.26 Å². The summed E-state index contributed by atoms with van der Waals surface area (Å²) in [5.74, 6) is 0. The van der Waals surface area contributed by atoms with Gasteiger partial charge < -0.3 is 11.1 Å². The third-order valence-electron chi connectivity index (χ3n) is 2.59. The highest BCUT2D eigenvalue weighted by molar-refractivity contribution is 5.61. The second-order valence-corrected chi connectivity index (χ2v) is 4.04. The number of aromatic nitrogens is 1. The first-order valence-corrected chi connectivity index (χ1v) is 5.65. The van der Waals surface area contributed by atoms with Crippen molar-refractivity contribution < 1.29 is 0 Å². The maximum Gasteiger partial charge on any atom is 0.101 e. The Hall–Kier alpha value is -2.54. The van der Waals surface area contributed by atoms with Crippen molar-refractivity contribution in [3.63, 3.8) is 0 Å². The number of aryl methyl sites for hydroxylation is 1. The molecule has 1 heterocycles. The molecule has 0 saturated heterocycles. The number of pyridine rings is 1. The number of nitriles is 1. The summed E-state index contributed by atoms with van der Waals surface area (Å²) in [6.07, 6.45) is 0. The van der Waals surface area contributed by atoms with Crippen LogP contribution in [0.5, 0.6) is 0 Å². The molecule has 0 atom stereocenters. The number of anilines is 2. The van der Waals surface area contributed by atoms with E-state index < -0.39 is 0 Å². The number of nitrogens with two attached hydrogens (primary N) is 1. The van der Waals surface area contributed by atoms with Crippen LogP contribution in [0.4, 0.5) is 11.4 Å². The Kier molecular flexibility index (Phi) is 3.44. The SMILES string of the molecule is Cc1cccc(CNc2ccc(N)c(C#N)c2)n1. The maximum atomic E-state index is 8.89. The molecule has 0 fully saturated rings. The lowest BCUT2D eigenvalue weighted by molar-refractivity contribution is 1.02. The van der Waals surface area contributed by atoms with Gasteiger partial charge in [-0.15, -0.1) is 0 Å². The highest BCUT2D eigenvalue weighted by Gasteiger charge is 2.00. The summed E-state index contributed by atoms with van der Waals surface area (Å²) in [4.78, 5) is 4.40. The zero-order valence-electron chi connectivity index (χ0n) is 10.1.